The van der Waals surface area contributed by atoms with E-state index in [4.69, 9.17) is 0 Å². The number of rotatable bonds is 9. The van der Waals surface area contributed by atoms with Crippen LogP contribution >= 0.6 is 0 Å². The van der Waals surface area contributed by atoms with Crippen molar-refractivity contribution in [2.24, 2.45) is 5.92 Å². The zero-order chi connectivity index (χ0) is 27.1. The quantitative estimate of drug-likeness (QED) is 0.306. The average Bonchev–Trinajstić information content (AvgIpc) is 2.77. The first-order valence-electron chi connectivity index (χ1n) is 11.2. The summed E-state index contributed by atoms with van der Waals surface area (Å²) in [6, 6.07) is 0.793. The van der Waals surface area contributed by atoms with E-state index < -0.39 is 59.9 Å². The van der Waals surface area contributed by atoms with Gasteiger partial charge in [-0.05, 0) is 49.8 Å². The third-order valence-electron chi connectivity index (χ3n) is 5.76. The lowest BCUT2D eigenvalue weighted by Crippen LogP contribution is -2.40. The molecule has 1 aliphatic rings. The van der Waals surface area contributed by atoms with E-state index in [-0.39, 0.29) is 31.1 Å². The first-order valence-corrected chi connectivity index (χ1v) is 11.2. The Morgan fingerprint density at radius 1 is 0.778 bits per heavy atom. The van der Waals surface area contributed by atoms with Crippen LogP contribution in [0.4, 0.5) is 39.5 Å². The molecule has 3 N–H and O–H groups in total. The van der Waals surface area contributed by atoms with Crippen LogP contribution in [0.15, 0.2) is 18.2 Å². The van der Waals surface area contributed by atoms with Gasteiger partial charge in [-0.1, -0.05) is 0 Å². The van der Waals surface area contributed by atoms with Crippen molar-refractivity contribution in [3.05, 3.63) is 34.9 Å². The minimum Gasteiger partial charge on any atom is -0.355 e. The SMILES string of the molecule is O=C(CCC(F)(F)F)NCCNC1CCC(CNC(=O)c2cc(C(F)(F)F)cc(C(F)(F)F)c2)CC1. The maximum absolute atomic E-state index is 13.0. The molecule has 0 bridgehead atoms. The monoisotopic (exact) mass is 535 g/mol. The van der Waals surface area contributed by atoms with Gasteiger partial charge in [0, 0.05) is 37.7 Å². The van der Waals surface area contributed by atoms with Crippen molar-refractivity contribution in [2.45, 2.75) is 63.1 Å². The zero-order valence-corrected chi connectivity index (χ0v) is 19.0. The van der Waals surface area contributed by atoms with Crippen LogP contribution in [0.25, 0.3) is 0 Å². The number of amides is 2. The molecule has 14 heteroatoms. The van der Waals surface area contributed by atoms with Gasteiger partial charge < -0.3 is 16.0 Å². The summed E-state index contributed by atoms with van der Waals surface area (Å²) in [4.78, 5) is 23.6. The predicted octanol–water partition coefficient (Wildman–Crippen LogP) is 5.06. The van der Waals surface area contributed by atoms with Gasteiger partial charge in [0.15, 0.2) is 0 Å². The lowest BCUT2D eigenvalue weighted by molar-refractivity contribution is -0.144. The van der Waals surface area contributed by atoms with Crippen LogP contribution in [-0.2, 0) is 17.1 Å². The molecule has 1 aromatic rings. The molecule has 204 valence electrons. The highest BCUT2D eigenvalue weighted by atomic mass is 19.4. The molecule has 2 rings (SSSR count). The van der Waals surface area contributed by atoms with E-state index in [2.05, 4.69) is 16.0 Å². The molecule has 1 aliphatic carbocycles. The standard InChI is InChI=1S/C22H26F9N3O2/c23-20(24,25)6-5-18(35)33-8-7-32-17-3-1-13(2-4-17)12-34-19(36)14-9-15(21(26,27)28)11-16(10-14)22(29,30)31/h9-11,13,17,32H,1-8,12H2,(H,33,35)(H,34,36). The molecular weight excluding hydrogens is 509 g/mol. The molecule has 0 spiro atoms. The van der Waals surface area contributed by atoms with Crippen molar-refractivity contribution in [1.82, 2.24) is 16.0 Å². The molecule has 5 nitrogen and oxygen atoms in total. The van der Waals surface area contributed by atoms with E-state index in [9.17, 15) is 49.1 Å². The van der Waals surface area contributed by atoms with E-state index >= 15 is 0 Å². The van der Waals surface area contributed by atoms with Crippen LogP contribution in [0.1, 0.15) is 60.0 Å². The fraction of sp³-hybridized carbons (Fsp3) is 0.636. The molecule has 1 fully saturated rings. The molecular formula is C22H26F9N3O2. The van der Waals surface area contributed by atoms with Crippen molar-refractivity contribution in [1.29, 1.82) is 0 Å². The van der Waals surface area contributed by atoms with Crippen molar-refractivity contribution in [3.8, 4) is 0 Å². The molecule has 36 heavy (non-hydrogen) atoms. The summed E-state index contributed by atoms with van der Waals surface area (Å²) in [7, 11) is 0. The maximum Gasteiger partial charge on any atom is 0.416 e. The molecule has 1 aromatic carbocycles. The van der Waals surface area contributed by atoms with E-state index in [1.807, 2.05) is 0 Å². The van der Waals surface area contributed by atoms with Gasteiger partial charge in [-0.3, -0.25) is 9.59 Å². The van der Waals surface area contributed by atoms with Crippen LogP contribution in [0.5, 0.6) is 0 Å². The predicted molar refractivity (Wildman–Crippen MR) is 111 cm³/mol. The van der Waals surface area contributed by atoms with Crippen molar-refractivity contribution < 1.29 is 49.1 Å². The average molecular weight is 535 g/mol. The highest BCUT2D eigenvalue weighted by Gasteiger charge is 2.37. The molecule has 1 saturated carbocycles. The number of halogens is 9. The van der Waals surface area contributed by atoms with E-state index in [0.717, 1.165) is 0 Å². The van der Waals surface area contributed by atoms with Crippen LogP contribution in [0.2, 0.25) is 0 Å². The fourth-order valence-electron chi connectivity index (χ4n) is 3.82. The van der Waals surface area contributed by atoms with Crippen LogP contribution < -0.4 is 16.0 Å². The highest BCUT2D eigenvalue weighted by molar-refractivity contribution is 5.94. The Hall–Kier alpha value is -2.51. The van der Waals surface area contributed by atoms with Crippen molar-refractivity contribution in [2.75, 3.05) is 19.6 Å². The minimum atomic E-state index is -5.05. The summed E-state index contributed by atoms with van der Waals surface area (Å²) in [6.07, 6.45) is -13.7. The van der Waals surface area contributed by atoms with Gasteiger partial charge in [-0.25, -0.2) is 0 Å². The lowest BCUT2D eigenvalue weighted by atomic mass is 9.86. The molecule has 0 aliphatic heterocycles. The third-order valence-corrected chi connectivity index (χ3v) is 5.76. The molecule has 0 heterocycles. The summed E-state index contributed by atoms with van der Waals surface area (Å²) in [5, 5.41) is 7.96. The van der Waals surface area contributed by atoms with Gasteiger partial charge >= 0.3 is 18.5 Å². The Labute approximate surface area is 201 Å². The van der Waals surface area contributed by atoms with Crippen LogP contribution in [0, 0.1) is 5.92 Å². The molecule has 2 amide bonds. The summed E-state index contributed by atoms with van der Waals surface area (Å²) < 4.78 is 114. The second kappa shape index (κ2) is 12.2. The first-order chi connectivity index (χ1) is 16.5. The van der Waals surface area contributed by atoms with Gasteiger partial charge in [0.1, 0.15) is 0 Å². The minimum absolute atomic E-state index is 0.0260. The Morgan fingerprint density at radius 3 is 1.83 bits per heavy atom. The van der Waals surface area contributed by atoms with Gasteiger partial charge in [-0.2, -0.15) is 39.5 Å². The van der Waals surface area contributed by atoms with E-state index in [0.29, 0.717) is 44.4 Å². The first kappa shape index (κ1) is 29.7. The number of carbonyl (C=O) groups excluding carboxylic acids is 2. The van der Waals surface area contributed by atoms with Crippen LogP contribution in [-0.4, -0.2) is 43.7 Å². The van der Waals surface area contributed by atoms with Crippen molar-refractivity contribution >= 4 is 11.8 Å². The Balaban J connectivity index is 1.75. The highest BCUT2D eigenvalue weighted by Crippen LogP contribution is 2.36. The number of nitrogens with one attached hydrogen (secondary N) is 3. The molecule has 0 unspecified atom stereocenters. The number of hydrogen-bond acceptors (Lipinski definition) is 3. The Morgan fingerprint density at radius 2 is 1.33 bits per heavy atom. The van der Waals surface area contributed by atoms with Gasteiger partial charge in [0.2, 0.25) is 5.91 Å². The lowest BCUT2D eigenvalue weighted by Gasteiger charge is -2.29. The number of hydrogen-bond donors (Lipinski definition) is 3. The van der Waals surface area contributed by atoms with Gasteiger partial charge in [-0.15, -0.1) is 0 Å². The van der Waals surface area contributed by atoms with Crippen LogP contribution in [0.3, 0.4) is 0 Å². The molecule has 0 aromatic heterocycles. The molecule has 0 atom stereocenters. The number of benzene rings is 1. The smallest absolute Gasteiger partial charge is 0.355 e. The maximum atomic E-state index is 13.0. The number of carbonyl (C=O) groups is 2. The third kappa shape index (κ3) is 10.2. The van der Waals surface area contributed by atoms with Gasteiger partial charge in [0.25, 0.3) is 5.91 Å². The number of alkyl halides is 9. The molecule has 0 saturated heterocycles. The second-order valence-electron chi connectivity index (χ2n) is 8.64. The summed E-state index contributed by atoms with van der Waals surface area (Å²) in [5.41, 5.74) is -3.86. The van der Waals surface area contributed by atoms with Gasteiger partial charge in [0.05, 0.1) is 17.5 Å². The Kier molecular flexibility index (Phi) is 10.0. The molecule has 0 radical (unpaired) electrons. The summed E-state index contributed by atoms with van der Waals surface area (Å²) >= 11 is 0. The van der Waals surface area contributed by atoms with E-state index in [1.54, 1.807) is 0 Å². The summed E-state index contributed by atoms with van der Waals surface area (Å²) in [6.45, 7) is 0.586. The fourth-order valence-corrected chi connectivity index (χ4v) is 3.82. The Bertz CT molecular complexity index is 858. The normalized spacial score (nSPS) is 19.1. The van der Waals surface area contributed by atoms with Crippen molar-refractivity contribution in [3.63, 3.8) is 0 Å². The second-order valence-corrected chi connectivity index (χ2v) is 8.64. The topological polar surface area (TPSA) is 70.2 Å². The zero-order valence-electron chi connectivity index (χ0n) is 19.0. The summed E-state index contributed by atoms with van der Waals surface area (Å²) in [5.74, 6) is -1.76. The largest absolute Gasteiger partial charge is 0.416 e. The van der Waals surface area contributed by atoms with E-state index in [1.165, 1.54) is 0 Å².